The maximum atomic E-state index is 10.8. The van der Waals surface area contributed by atoms with Gasteiger partial charge in [-0.3, -0.25) is 4.79 Å². The van der Waals surface area contributed by atoms with Crippen molar-refractivity contribution in [2.45, 2.75) is 19.3 Å². The number of hydrogen-bond acceptors (Lipinski definition) is 3. The van der Waals surface area contributed by atoms with Crippen molar-refractivity contribution in [2.75, 3.05) is 46.9 Å². The molecule has 0 saturated carbocycles. The molecular weight excluding hydrogens is 204 g/mol. The van der Waals surface area contributed by atoms with Crippen LogP contribution in [0.3, 0.4) is 0 Å². The van der Waals surface area contributed by atoms with Crippen molar-refractivity contribution in [1.29, 1.82) is 0 Å². The summed E-state index contributed by atoms with van der Waals surface area (Å²) in [6.07, 6.45) is 4.62. The number of carbonyl (C=O) groups excluding carboxylic acids is 1. The zero-order valence-electron chi connectivity index (χ0n) is 10.5. The van der Waals surface area contributed by atoms with Crippen LogP contribution in [0.2, 0.25) is 0 Å². The van der Waals surface area contributed by atoms with E-state index in [4.69, 9.17) is 4.74 Å². The SMILES string of the molecule is COCCN(C=O)CCC1CCN(C)CC1. The molecule has 0 aliphatic carbocycles. The van der Waals surface area contributed by atoms with Crippen LogP contribution in [0, 0.1) is 5.92 Å². The Labute approximate surface area is 98.5 Å². The molecule has 1 aliphatic heterocycles. The Kier molecular flexibility index (Phi) is 6.42. The zero-order chi connectivity index (χ0) is 11.8. The van der Waals surface area contributed by atoms with Gasteiger partial charge in [0.25, 0.3) is 0 Å². The van der Waals surface area contributed by atoms with Crippen molar-refractivity contribution >= 4 is 6.41 Å². The molecule has 16 heavy (non-hydrogen) atoms. The monoisotopic (exact) mass is 228 g/mol. The number of piperidine rings is 1. The lowest BCUT2D eigenvalue weighted by atomic mass is 9.94. The minimum Gasteiger partial charge on any atom is -0.383 e. The Bertz CT molecular complexity index is 191. The van der Waals surface area contributed by atoms with E-state index >= 15 is 0 Å². The molecule has 0 spiro atoms. The van der Waals surface area contributed by atoms with Crippen molar-refractivity contribution < 1.29 is 9.53 Å². The summed E-state index contributed by atoms with van der Waals surface area (Å²) in [5.41, 5.74) is 0. The summed E-state index contributed by atoms with van der Waals surface area (Å²) in [5.74, 6) is 0.793. The van der Waals surface area contributed by atoms with E-state index in [1.54, 1.807) is 7.11 Å². The molecule has 4 nitrogen and oxygen atoms in total. The lowest BCUT2D eigenvalue weighted by Crippen LogP contribution is -2.33. The summed E-state index contributed by atoms with van der Waals surface area (Å²) in [6.45, 7) is 4.62. The first kappa shape index (κ1) is 13.5. The fraction of sp³-hybridized carbons (Fsp3) is 0.917. The van der Waals surface area contributed by atoms with E-state index in [9.17, 15) is 4.79 Å². The third-order valence-electron chi connectivity index (χ3n) is 3.39. The van der Waals surface area contributed by atoms with Crippen LogP contribution in [-0.2, 0) is 9.53 Å². The lowest BCUT2D eigenvalue weighted by Gasteiger charge is -2.30. The molecule has 4 heteroatoms. The van der Waals surface area contributed by atoms with Gasteiger partial charge in [-0.25, -0.2) is 0 Å². The minimum absolute atomic E-state index is 0.631. The van der Waals surface area contributed by atoms with Crippen LogP contribution in [0.15, 0.2) is 0 Å². The summed E-state index contributed by atoms with van der Waals surface area (Å²) >= 11 is 0. The van der Waals surface area contributed by atoms with Gasteiger partial charge in [-0.05, 0) is 45.3 Å². The molecule has 1 heterocycles. The second-order valence-electron chi connectivity index (χ2n) is 4.67. The smallest absolute Gasteiger partial charge is 0.209 e. The molecule has 0 N–H and O–H groups in total. The summed E-state index contributed by atoms with van der Waals surface area (Å²) in [4.78, 5) is 15.0. The van der Waals surface area contributed by atoms with Crippen molar-refractivity contribution in [3.8, 4) is 0 Å². The molecule has 1 rings (SSSR count). The quantitative estimate of drug-likeness (QED) is 0.605. The van der Waals surface area contributed by atoms with Gasteiger partial charge in [-0.2, -0.15) is 0 Å². The van der Waals surface area contributed by atoms with Gasteiger partial charge in [-0.15, -0.1) is 0 Å². The van der Waals surface area contributed by atoms with Crippen LogP contribution < -0.4 is 0 Å². The predicted octanol–water partition coefficient (Wildman–Crippen LogP) is 0.823. The molecule has 0 atom stereocenters. The molecule has 94 valence electrons. The molecule has 0 aromatic carbocycles. The maximum Gasteiger partial charge on any atom is 0.209 e. The Balaban J connectivity index is 2.14. The van der Waals surface area contributed by atoms with E-state index in [-0.39, 0.29) is 0 Å². The molecule has 0 aromatic heterocycles. The van der Waals surface area contributed by atoms with E-state index in [1.807, 2.05) is 4.90 Å². The standard InChI is InChI=1S/C12H24N2O2/c1-13-6-3-12(4-7-13)5-8-14(11-15)9-10-16-2/h11-12H,3-10H2,1-2H3. The maximum absolute atomic E-state index is 10.8. The fourth-order valence-electron chi connectivity index (χ4n) is 2.12. The number of carbonyl (C=O) groups is 1. The van der Waals surface area contributed by atoms with Gasteiger partial charge in [0.1, 0.15) is 0 Å². The topological polar surface area (TPSA) is 32.8 Å². The molecule has 1 saturated heterocycles. The Hall–Kier alpha value is -0.610. The molecule has 1 fully saturated rings. The van der Waals surface area contributed by atoms with E-state index in [0.717, 1.165) is 25.3 Å². The van der Waals surface area contributed by atoms with Gasteiger partial charge in [0.2, 0.25) is 6.41 Å². The number of ether oxygens (including phenoxy) is 1. The van der Waals surface area contributed by atoms with Crippen molar-refractivity contribution in [3.63, 3.8) is 0 Å². The number of hydrogen-bond donors (Lipinski definition) is 0. The highest BCUT2D eigenvalue weighted by molar-refractivity contribution is 5.46. The molecule has 0 unspecified atom stereocenters. The van der Waals surface area contributed by atoms with E-state index in [1.165, 1.54) is 25.9 Å². The number of amides is 1. The lowest BCUT2D eigenvalue weighted by molar-refractivity contribution is -0.118. The molecule has 0 bridgehead atoms. The average molecular weight is 228 g/mol. The normalized spacial score (nSPS) is 18.6. The number of nitrogens with zero attached hydrogens (tertiary/aromatic N) is 2. The average Bonchev–Trinajstić information content (AvgIpc) is 2.32. The first-order valence-corrected chi connectivity index (χ1v) is 6.13. The van der Waals surface area contributed by atoms with Crippen LogP contribution >= 0.6 is 0 Å². The summed E-state index contributed by atoms with van der Waals surface area (Å²) in [6, 6.07) is 0. The van der Waals surface area contributed by atoms with Crippen LogP contribution in [0.25, 0.3) is 0 Å². The highest BCUT2D eigenvalue weighted by Crippen LogP contribution is 2.19. The van der Waals surface area contributed by atoms with Crippen LogP contribution in [-0.4, -0.2) is 63.2 Å². The number of likely N-dealkylation sites (tertiary alicyclic amines) is 1. The second kappa shape index (κ2) is 7.63. The van der Waals surface area contributed by atoms with Gasteiger partial charge in [0.05, 0.1) is 6.61 Å². The van der Waals surface area contributed by atoms with Crippen molar-refractivity contribution in [2.24, 2.45) is 5.92 Å². The fourth-order valence-corrected chi connectivity index (χ4v) is 2.12. The Morgan fingerprint density at radius 1 is 1.38 bits per heavy atom. The Morgan fingerprint density at radius 3 is 2.62 bits per heavy atom. The van der Waals surface area contributed by atoms with E-state index < -0.39 is 0 Å². The van der Waals surface area contributed by atoms with Crippen molar-refractivity contribution in [1.82, 2.24) is 9.80 Å². The van der Waals surface area contributed by atoms with Gasteiger partial charge < -0.3 is 14.5 Å². The molecule has 1 aliphatic rings. The highest BCUT2D eigenvalue weighted by Gasteiger charge is 2.17. The molecule has 0 radical (unpaired) electrons. The first-order chi connectivity index (χ1) is 7.76. The summed E-state index contributed by atoms with van der Waals surface area (Å²) in [5, 5.41) is 0. The number of methoxy groups -OCH3 is 1. The molecule has 1 amide bonds. The third-order valence-corrected chi connectivity index (χ3v) is 3.39. The van der Waals surface area contributed by atoms with Gasteiger partial charge in [0.15, 0.2) is 0 Å². The third kappa shape index (κ3) is 4.94. The van der Waals surface area contributed by atoms with E-state index in [0.29, 0.717) is 13.2 Å². The van der Waals surface area contributed by atoms with E-state index in [2.05, 4.69) is 11.9 Å². The van der Waals surface area contributed by atoms with Crippen LogP contribution in [0.5, 0.6) is 0 Å². The Morgan fingerprint density at radius 2 is 2.06 bits per heavy atom. The summed E-state index contributed by atoms with van der Waals surface area (Å²) in [7, 11) is 3.84. The zero-order valence-corrected chi connectivity index (χ0v) is 10.5. The van der Waals surface area contributed by atoms with Gasteiger partial charge in [-0.1, -0.05) is 0 Å². The first-order valence-electron chi connectivity index (χ1n) is 6.13. The van der Waals surface area contributed by atoms with Gasteiger partial charge in [0, 0.05) is 20.2 Å². The predicted molar refractivity (Wildman–Crippen MR) is 64.4 cm³/mol. The minimum atomic E-state index is 0.631. The van der Waals surface area contributed by atoms with Crippen molar-refractivity contribution in [3.05, 3.63) is 0 Å². The molecule has 0 aromatic rings. The number of rotatable bonds is 7. The van der Waals surface area contributed by atoms with Crippen LogP contribution in [0.1, 0.15) is 19.3 Å². The molecular formula is C12H24N2O2. The second-order valence-corrected chi connectivity index (χ2v) is 4.67. The van der Waals surface area contributed by atoms with Crippen LogP contribution in [0.4, 0.5) is 0 Å². The summed E-state index contributed by atoms with van der Waals surface area (Å²) < 4.78 is 4.97. The largest absolute Gasteiger partial charge is 0.383 e. The van der Waals surface area contributed by atoms with Gasteiger partial charge >= 0.3 is 0 Å². The highest BCUT2D eigenvalue weighted by atomic mass is 16.5.